The average molecular weight is 578 g/mol. The Kier molecular flexibility index (Phi) is 8.26. The number of morpholine rings is 1. The molecule has 1 aromatic carbocycles. The minimum atomic E-state index is -0.714. The lowest BCUT2D eigenvalue weighted by atomic mass is 10.0. The van der Waals surface area contributed by atoms with E-state index < -0.39 is 17.4 Å². The summed E-state index contributed by atoms with van der Waals surface area (Å²) < 4.78 is 27.5. The van der Waals surface area contributed by atoms with E-state index in [0.29, 0.717) is 50.0 Å². The first-order valence-electron chi connectivity index (χ1n) is 14.1. The molecular weight excluding hydrogens is 541 g/mol. The zero-order valence-electron chi connectivity index (χ0n) is 24.5. The molecule has 11 nitrogen and oxygen atoms in total. The van der Waals surface area contributed by atoms with Crippen molar-refractivity contribution in [1.29, 1.82) is 0 Å². The second kappa shape index (κ2) is 11.9. The number of benzene rings is 1. The van der Waals surface area contributed by atoms with Crippen LogP contribution in [-0.4, -0.2) is 76.3 Å². The molecular formula is C30H36FN7O4. The highest BCUT2D eigenvalue weighted by Gasteiger charge is 2.38. The van der Waals surface area contributed by atoms with E-state index in [4.69, 9.17) is 19.4 Å². The maximum atomic E-state index is 15.5. The van der Waals surface area contributed by atoms with Crippen molar-refractivity contribution in [2.45, 2.75) is 52.7 Å². The van der Waals surface area contributed by atoms with Crippen molar-refractivity contribution >= 4 is 29.3 Å². The molecule has 1 saturated heterocycles. The van der Waals surface area contributed by atoms with Gasteiger partial charge in [0.2, 0.25) is 11.8 Å². The fourth-order valence-electron chi connectivity index (χ4n) is 5.12. The minimum Gasteiger partial charge on any atom is -0.469 e. The summed E-state index contributed by atoms with van der Waals surface area (Å²) in [4.78, 5) is 43.8. The number of rotatable bonds is 6. The normalized spacial score (nSPS) is 18.1. The van der Waals surface area contributed by atoms with E-state index in [1.54, 1.807) is 23.1 Å². The van der Waals surface area contributed by atoms with E-state index in [1.165, 1.54) is 18.3 Å². The lowest BCUT2D eigenvalue weighted by molar-refractivity contribution is 0.0540. The first-order valence-corrected chi connectivity index (χ1v) is 14.1. The van der Waals surface area contributed by atoms with Crippen molar-refractivity contribution in [3.63, 3.8) is 0 Å². The number of pyridine rings is 1. The fourth-order valence-corrected chi connectivity index (χ4v) is 5.12. The zero-order valence-corrected chi connectivity index (χ0v) is 24.5. The first-order chi connectivity index (χ1) is 20.1. The van der Waals surface area contributed by atoms with Crippen LogP contribution in [-0.2, 0) is 4.74 Å². The van der Waals surface area contributed by atoms with Crippen LogP contribution in [0.25, 0.3) is 11.3 Å². The molecule has 2 aliphatic rings. The van der Waals surface area contributed by atoms with Crippen molar-refractivity contribution in [2.75, 3.05) is 48.4 Å². The van der Waals surface area contributed by atoms with Crippen LogP contribution in [0.1, 0.15) is 50.2 Å². The molecule has 2 aromatic heterocycles. The monoisotopic (exact) mass is 577 g/mol. The Morgan fingerprint density at radius 1 is 1.17 bits per heavy atom. The van der Waals surface area contributed by atoms with Gasteiger partial charge in [0.25, 0.3) is 5.91 Å². The van der Waals surface area contributed by atoms with E-state index in [9.17, 15) is 9.59 Å². The molecule has 0 saturated carbocycles. The molecule has 42 heavy (non-hydrogen) atoms. The van der Waals surface area contributed by atoms with Gasteiger partial charge < -0.3 is 29.9 Å². The van der Waals surface area contributed by atoms with E-state index in [-0.39, 0.29) is 34.8 Å². The third-order valence-corrected chi connectivity index (χ3v) is 7.31. The van der Waals surface area contributed by atoms with Gasteiger partial charge in [0.05, 0.1) is 49.1 Å². The van der Waals surface area contributed by atoms with Gasteiger partial charge in [-0.05, 0) is 58.4 Å². The van der Waals surface area contributed by atoms with Gasteiger partial charge in [-0.2, -0.15) is 4.98 Å². The van der Waals surface area contributed by atoms with Crippen LogP contribution in [0.3, 0.4) is 0 Å². The summed E-state index contributed by atoms with van der Waals surface area (Å²) in [5.74, 6) is -0.425. The van der Waals surface area contributed by atoms with Gasteiger partial charge in [-0.1, -0.05) is 13.0 Å². The molecule has 3 amide bonds. The number of hydrogen-bond acceptors (Lipinski definition) is 8. The minimum absolute atomic E-state index is 0.0326. The number of hydrogen-bond donors (Lipinski definition) is 2. The predicted molar refractivity (Wildman–Crippen MR) is 158 cm³/mol. The number of aromatic nitrogens is 3. The number of fused-ring (bicyclic) bond motifs is 1. The fraction of sp³-hybridized carbons (Fsp3) is 0.433. The van der Waals surface area contributed by atoms with E-state index in [1.807, 2.05) is 32.6 Å². The first kappa shape index (κ1) is 29.2. The number of aryl methyl sites for hydroxylation is 1. The smallest absolute Gasteiger partial charge is 0.323 e. The molecule has 0 bridgehead atoms. The average Bonchev–Trinajstić information content (AvgIpc) is 3.07. The Bertz CT molecular complexity index is 1480. The Balaban J connectivity index is 1.54. The number of urea groups is 1. The molecule has 2 aliphatic heterocycles. The Labute approximate surface area is 244 Å². The molecule has 0 aliphatic carbocycles. The topological polar surface area (TPSA) is 122 Å². The van der Waals surface area contributed by atoms with Crippen LogP contribution in [0.5, 0.6) is 5.88 Å². The van der Waals surface area contributed by atoms with Crippen molar-refractivity contribution in [1.82, 2.24) is 19.9 Å². The summed E-state index contributed by atoms with van der Waals surface area (Å²) in [6.45, 7) is 12.0. The van der Waals surface area contributed by atoms with Gasteiger partial charge in [0.1, 0.15) is 17.0 Å². The summed E-state index contributed by atoms with van der Waals surface area (Å²) in [5.41, 5.74) is 1.33. The van der Waals surface area contributed by atoms with Crippen LogP contribution in [0.4, 0.5) is 26.5 Å². The number of carbonyl (C=O) groups excluding carboxylic acids is 2. The van der Waals surface area contributed by atoms with Crippen LogP contribution < -0.4 is 20.3 Å². The molecule has 1 atom stereocenters. The summed E-state index contributed by atoms with van der Waals surface area (Å²) in [6.07, 6.45) is 2.32. The summed E-state index contributed by atoms with van der Waals surface area (Å²) in [6, 6.07) is 7.20. The van der Waals surface area contributed by atoms with Gasteiger partial charge in [-0.25, -0.2) is 14.2 Å². The molecule has 12 heteroatoms. The lowest BCUT2D eigenvalue weighted by Crippen LogP contribution is -2.46. The third kappa shape index (κ3) is 6.13. The van der Waals surface area contributed by atoms with Gasteiger partial charge in [-0.15, -0.1) is 0 Å². The highest BCUT2D eigenvalue weighted by molar-refractivity contribution is 6.03. The van der Waals surface area contributed by atoms with E-state index >= 15 is 4.39 Å². The number of anilines is 3. The standard InChI is InChI=1S/C30H36FN7O4/c1-6-21-16-41-13-12-38(21)28-35-25(24-26(36-28)42-30(4,5)17-37(7-2)27(24)39)19-9-11-23(22(31)14-19)34-29(40)33-20-10-8-18(3)32-15-20/h8-11,14-15,21H,6-7,12-13,16-17H2,1-5H3,(H2,33,34,40)/t21-/m0/s1. The molecule has 0 radical (unpaired) electrons. The lowest BCUT2D eigenvalue weighted by Gasteiger charge is -2.35. The van der Waals surface area contributed by atoms with Crippen molar-refractivity contribution in [3.05, 3.63) is 53.6 Å². The summed E-state index contributed by atoms with van der Waals surface area (Å²) in [5, 5.41) is 5.16. The second-order valence-corrected chi connectivity index (χ2v) is 11.0. The van der Waals surface area contributed by atoms with Crippen LogP contribution in [0.15, 0.2) is 36.5 Å². The maximum Gasteiger partial charge on any atom is 0.323 e. The molecule has 222 valence electrons. The van der Waals surface area contributed by atoms with Gasteiger partial charge in [-0.3, -0.25) is 9.78 Å². The van der Waals surface area contributed by atoms with E-state index in [2.05, 4.69) is 22.5 Å². The third-order valence-electron chi connectivity index (χ3n) is 7.31. The maximum absolute atomic E-state index is 15.5. The largest absolute Gasteiger partial charge is 0.469 e. The number of likely N-dealkylation sites (N-methyl/N-ethyl adjacent to an activating group) is 1. The highest BCUT2D eigenvalue weighted by atomic mass is 19.1. The predicted octanol–water partition coefficient (Wildman–Crippen LogP) is 4.88. The van der Waals surface area contributed by atoms with E-state index in [0.717, 1.165) is 12.1 Å². The number of nitrogens with one attached hydrogen (secondary N) is 2. The molecule has 5 rings (SSSR count). The number of nitrogens with zero attached hydrogens (tertiary/aromatic N) is 5. The summed E-state index contributed by atoms with van der Waals surface area (Å²) in [7, 11) is 0. The zero-order chi connectivity index (χ0) is 30.0. The second-order valence-electron chi connectivity index (χ2n) is 11.0. The van der Waals surface area contributed by atoms with Gasteiger partial charge in [0, 0.05) is 24.3 Å². The molecule has 0 spiro atoms. The van der Waals surface area contributed by atoms with Crippen LogP contribution in [0.2, 0.25) is 0 Å². The number of carbonyl (C=O) groups is 2. The Hall–Kier alpha value is -4.32. The molecule has 1 fully saturated rings. The number of halogens is 1. The summed E-state index contributed by atoms with van der Waals surface area (Å²) >= 11 is 0. The molecule has 3 aromatic rings. The number of ether oxygens (including phenoxy) is 2. The van der Waals surface area contributed by atoms with Crippen molar-refractivity contribution in [3.8, 4) is 17.1 Å². The Morgan fingerprint density at radius 3 is 2.67 bits per heavy atom. The SMILES string of the molecule is CC[C@H]1COCCN1c1nc2c(c(-c3ccc(NC(=O)Nc4ccc(C)nc4)c(F)c3)n1)C(=O)N(CC)CC(C)(C)O2. The molecule has 2 N–H and O–H groups in total. The quantitative estimate of drug-likeness (QED) is 0.425. The van der Waals surface area contributed by atoms with Crippen LogP contribution >= 0.6 is 0 Å². The van der Waals surface area contributed by atoms with Gasteiger partial charge in [0.15, 0.2) is 0 Å². The highest BCUT2D eigenvalue weighted by Crippen LogP contribution is 2.37. The molecule has 4 heterocycles. The number of amides is 3. The Morgan fingerprint density at radius 2 is 1.98 bits per heavy atom. The van der Waals surface area contributed by atoms with Crippen molar-refractivity contribution < 1.29 is 23.5 Å². The van der Waals surface area contributed by atoms with Gasteiger partial charge >= 0.3 is 6.03 Å². The molecule has 0 unspecified atom stereocenters. The van der Waals surface area contributed by atoms with Crippen molar-refractivity contribution in [2.24, 2.45) is 0 Å². The van der Waals surface area contributed by atoms with Crippen LogP contribution in [0, 0.1) is 12.7 Å².